The van der Waals surface area contributed by atoms with Crippen LogP contribution in [0.5, 0.6) is 0 Å². The molecule has 2 heterocycles. The van der Waals surface area contributed by atoms with E-state index in [4.69, 9.17) is 17.4 Å². The summed E-state index contributed by atoms with van der Waals surface area (Å²) in [7, 11) is 1.89. The molecule has 0 aliphatic rings. The Bertz CT molecular complexity index is 578. The van der Waals surface area contributed by atoms with E-state index in [2.05, 4.69) is 15.5 Å². The minimum Gasteiger partial charge on any atom is -0.271 e. The van der Waals surface area contributed by atoms with Crippen LogP contribution in [-0.2, 0) is 13.5 Å². The van der Waals surface area contributed by atoms with Crippen LogP contribution in [0.25, 0.3) is 0 Å². The van der Waals surface area contributed by atoms with E-state index in [1.807, 2.05) is 33.2 Å². The molecule has 19 heavy (non-hydrogen) atoms. The minimum absolute atomic E-state index is 0.0182. The van der Waals surface area contributed by atoms with Crippen molar-refractivity contribution < 1.29 is 0 Å². The Kier molecular flexibility index (Phi) is 4.19. The van der Waals surface area contributed by atoms with Crippen molar-refractivity contribution in [3.05, 3.63) is 46.0 Å². The zero-order chi connectivity index (χ0) is 14.0. The lowest BCUT2D eigenvalue weighted by Crippen LogP contribution is -2.30. The van der Waals surface area contributed by atoms with Gasteiger partial charge in [0.15, 0.2) is 0 Å². The lowest BCUT2D eigenvalue weighted by atomic mass is 9.99. The monoisotopic (exact) mass is 279 g/mol. The highest BCUT2D eigenvalue weighted by Gasteiger charge is 2.18. The number of nitrogens with one attached hydrogen (secondary N) is 1. The maximum Gasteiger partial charge on any atom is 0.0847 e. The highest BCUT2D eigenvalue weighted by atomic mass is 35.5. The Morgan fingerprint density at radius 1 is 1.47 bits per heavy atom. The van der Waals surface area contributed by atoms with Gasteiger partial charge in [0, 0.05) is 25.9 Å². The van der Waals surface area contributed by atoms with Crippen molar-refractivity contribution in [2.45, 2.75) is 26.3 Å². The smallest absolute Gasteiger partial charge is 0.0847 e. The Morgan fingerprint density at radius 3 is 2.74 bits per heavy atom. The maximum atomic E-state index is 6.28. The van der Waals surface area contributed by atoms with Crippen LogP contribution < -0.4 is 11.3 Å². The van der Waals surface area contributed by atoms with Crippen LogP contribution in [0.15, 0.2) is 18.5 Å². The van der Waals surface area contributed by atoms with E-state index in [-0.39, 0.29) is 6.04 Å². The molecule has 2 aromatic heterocycles. The molecule has 0 saturated carbocycles. The zero-order valence-corrected chi connectivity index (χ0v) is 12.1. The molecule has 0 bridgehead atoms. The van der Waals surface area contributed by atoms with Crippen LogP contribution >= 0.6 is 11.6 Å². The van der Waals surface area contributed by atoms with E-state index in [0.29, 0.717) is 11.4 Å². The van der Waals surface area contributed by atoms with Crippen molar-refractivity contribution in [1.82, 2.24) is 20.2 Å². The van der Waals surface area contributed by atoms with Gasteiger partial charge in [0.25, 0.3) is 0 Å². The topological polar surface area (TPSA) is 68.8 Å². The quantitative estimate of drug-likeness (QED) is 0.662. The van der Waals surface area contributed by atoms with Gasteiger partial charge in [0.05, 0.1) is 22.5 Å². The summed E-state index contributed by atoms with van der Waals surface area (Å²) in [6, 6.07) is 1.95. The molecule has 2 aromatic rings. The van der Waals surface area contributed by atoms with Crippen molar-refractivity contribution >= 4 is 11.6 Å². The SMILES string of the molecule is Cc1cnccc1C(Cc1c(Cl)c(C)nn1C)NN. The van der Waals surface area contributed by atoms with Gasteiger partial charge in [-0.2, -0.15) is 5.10 Å². The van der Waals surface area contributed by atoms with Crippen molar-refractivity contribution in [2.75, 3.05) is 0 Å². The standard InChI is InChI=1S/C13H18ClN5/c1-8-7-16-5-4-10(8)11(17-15)6-12-13(14)9(2)18-19(12)3/h4-5,7,11,17H,6,15H2,1-3H3. The van der Waals surface area contributed by atoms with E-state index in [1.54, 1.807) is 10.9 Å². The Balaban J connectivity index is 2.32. The molecule has 0 aromatic carbocycles. The van der Waals surface area contributed by atoms with E-state index >= 15 is 0 Å². The molecule has 2 rings (SSSR count). The van der Waals surface area contributed by atoms with Crippen molar-refractivity contribution in [3.8, 4) is 0 Å². The second-order valence-corrected chi connectivity index (χ2v) is 5.00. The molecule has 1 unspecified atom stereocenters. The molecule has 0 fully saturated rings. The number of pyridine rings is 1. The molecule has 102 valence electrons. The summed E-state index contributed by atoms with van der Waals surface area (Å²) in [5.41, 5.74) is 6.86. The van der Waals surface area contributed by atoms with Gasteiger partial charge in [-0.3, -0.25) is 20.9 Å². The molecule has 0 saturated heterocycles. The summed E-state index contributed by atoms with van der Waals surface area (Å²) < 4.78 is 1.80. The third-order valence-corrected chi connectivity index (χ3v) is 3.79. The summed E-state index contributed by atoms with van der Waals surface area (Å²) in [6.45, 7) is 3.91. The van der Waals surface area contributed by atoms with Gasteiger partial charge >= 0.3 is 0 Å². The molecule has 0 spiro atoms. The maximum absolute atomic E-state index is 6.28. The van der Waals surface area contributed by atoms with Crippen molar-refractivity contribution in [3.63, 3.8) is 0 Å². The number of aromatic nitrogens is 3. The molecular formula is C13H18ClN5. The average Bonchev–Trinajstić information content (AvgIpc) is 2.63. The van der Waals surface area contributed by atoms with Crippen molar-refractivity contribution in [2.24, 2.45) is 12.9 Å². The molecule has 0 aliphatic heterocycles. The van der Waals surface area contributed by atoms with Crippen LogP contribution in [0.4, 0.5) is 0 Å². The highest BCUT2D eigenvalue weighted by molar-refractivity contribution is 6.31. The van der Waals surface area contributed by atoms with Crippen LogP contribution in [0.3, 0.4) is 0 Å². The first-order valence-electron chi connectivity index (χ1n) is 6.09. The third-order valence-electron chi connectivity index (χ3n) is 3.30. The fraction of sp³-hybridized carbons (Fsp3) is 0.385. The first-order chi connectivity index (χ1) is 9.04. The van der Waals surface area contributed by atoms with E-state index in [0.717, 1.165) is 22.5 Å². The van der Waals surface area contributed by atoms with Crippen LogP contribution in [0.1, 0.15) is 28.6 Å². The molecule has 6 heteroatoms. The molecule has 3 N–H and O–H groups in total. The summed E-state index contributed by atoms with van der Waals surface area (Å²) in [5.74, 6) is 5.69. The summed E-state index contributed by atoms with van der Waals surface area (Å²) in [6.07, 6.45) is 4.27. The van der Waals surface area contributed by atoms with Crippen molar-refractivity contribution in [1.29, 1.82) is 0 Å². The summed E-state index contributed by atoms with van der Waals surface area (Å²) >= 11 is 6.28. The number of hydrogen-bond acceptors (Lipinski definition) is 4. The van der Waals surface area contributed by atoms with E-state index < -0.39 is 0 Å². The number of nitrogens with zero attached hydrogens (tertiary/aromatic N) is 3. The predicted molar refractivity (Wildman–Crippen MR) is 75.7 cm³/mol. The largest absolute Gasteiger partial charge is 0.271 e. The first-order valence-corrected chi connectivity index (χ1v) is 6.47. The number of halogens is 1. The van der Waals surface area contributed by atoms with Crippen LogP contribution in [0.2, 0.25) is 5.02 Å². The third kappa shape index (κ3) is 2.78. The fourth-order valence-electron chi connectivity index (χ4n) is 2.23. The zero-order valence-electron chi connectivity index (χ0n) is 11.3. The van der Waals surface area contributed by atoms with Gasteiger partial charge < -0.3 is 0 Å². The lowest BCUT2D eigenvalue weighted by molar-refractivity contribution is 0.527. The number of nitrogens with two attached hydrogens (primary N) is 1. The summed E-state index contributed by atoms with van der Waals surface area (Å²) in [4.78, 5) is 4.10. The Morgan fingerprint density at radius 2 is 2.21 bits per heavy atom. The number of hydrazine groups is 1. The average molecular weight is 280 g/mol. The molecule has 0 amide bonds. The fourth-order valence-corrected chi connectivity index (χ4v) is 2.47. The van der Waals surface area contributed by atoms with Gasteiger partial charge in [-0.15, -0.1) is 0 Å². The molecule has 1 atom stereocenters. The van der Waals surface area contributed by atoms with Crippen LogP contribution in [0, 0.1) is 13.8 Å². The van der Waals surface area contributed by atoms with Gasteiger partial charge in [-0.1, -0.05) is 11.6 Å². The number of hydrogen-bond donors (Lipinski definition) is 2. The van der Waals surface area contributed by atoms with Gasteiger partial charge in [-0.05, 0) is 31.0 Å². The molecule has 5 nitrogen and oxygen atoms in total. The van der Waals surface area contributed by atoms with Crippen LogP contribution in [-0.4, -0.2) is 14.8 Å². The van der Waals surface area contributed by atoms with E-state index in [1.165, 1.54) is 0 Å². The lowest BCUT2D eigenvalue weighted by Gasteiger charge is -2.18. The van der Waals surface area contributed by atoms with Gasteiger partial charge in [0.2, 0.25) is 0 Å². The Labute approximate surface area is 117 Å². The van der Waals surface area contributed by atoms with Gasteiger partial charge in [0.1, 0.15) is 0 Å². The molecule has 0 radical (unpaired) electrons. The number of rotatable bonds is 4. The predicted octanol–water partition coefficient (Wildman–Crippen LogP) is 1.83. The second-order valence-electron chi connectivity index (χ2n) is 4.63. The van der Waals surface area contributed by atoms with E-state index in [9.17, 15) is 0 Å². The second kappa shape index (κ2) is 5.69. The number of aryl methyl sites for hydroxylation is 3. The minimum atomic E-state index is -0.0182. The highest BCUT2D eigenvalue weighted by Crippen LogP contribution is 2.26. The molecule has 0 aliphatic carbocycles. The summed E-state index contributed by atoms with van der Waals surface area (Å²) in [5, 5.41) is 5.02. The normalized spacial score (nSPS) is 12.7. The molecular weight excluding hydrogens is 262 g/mol. The Hall–Kier alpha value is -1.43. The van der Waals surface area contributed by atoms with Gasteiger partial charge in [-0.25, -0.2) is 0 Å². The first kappa shape index (κ1) is 14.0.